The Hall–Kier alpha value is -1.00. The third-order valence-corrected chi connectivity index (χ3v) is 4.14. The summed E-state index contributed by atoms with van der Waals surface area (Å²) in [5.74, 6) is 5.11. The molecule has 3 N–H and O–H groups in total. The van der Waals surface area contributed by atoms with E-state index in [1.807, 2.05) is 0 Å². The van der Waals surface area contributed by atoms with Crippen LogP contribution < -0.4 is 11.3 Å². The monoisotopic (exact) mass is 268 g/mol. The second-order valence-electron chi connectivity index (χ2n) is 5.46. The van der Waals surface area contributed by atoms with E-state index in [1.165, 1.54) is 37.8 Å². The number of rotatable bonds is 4. The van der Waals surface area contributed by atoms with Crippen molar-refractivity contribution in [2.45, 2.75) is 51.0 Å². The van der Waals surface area contributed by atoms with E-state index in [9.17, 15) is 8.78 Å². The van der Waals surface area contributed by atoms with Gasteiger partial charge in [0.25, 0.3) is 0 Å². The average molecular weight is 268 g/mol. The van der Waals surface area contributed by atoms with Gasteiger partial charge in [-0.25, -0.2) is 8.78 Å². The van der Waals surface area contributed by atoms with Crippen LogP contribution in [0.25, 0.3) is 0 Å². The van der Waals surface area contributed by atoms with Crippen molar-refractivity contribution in [3.63, 3.8) is 0 Å². The molecule has 1 aliphatic carbocycles. The Morgan fingerprint density at radius 2 is 1.84 bits per heavy atom. The van der Waals surface area contributed by atoms with Gasteiger partial charge >= 0.3 is 0 Å². The minimum absolute atomic E-state index is 0.0676. The zero-order valence-corrected chi connectivity index (χ0v) is 11.2. The van der Waals surface area contributed by atoms with E-state index in [4.69, 9.17) is 5.84 Å². The Labute approximate surface area is 113 Å². The van der Waals surface area contributed by atoms with Crippen molar-refractivity contribution < 1.29 is 8.78 Å². The van der Waals surface area contributed by atoms with E-state index < -0.39 is 11.6 Å². The lowest BCUT2D eigenvalue weighted by molar-refractivity contribution is 0.318. The highest BCUT2D eigenvalue weighted by atomic mass is 19.1. The molecule has 1 aromatic rings. The Morgan fingerprint density at radius 3 is 2.42 bits per heavy atom. The van der Waals surface area contributed by atoms with Crippen molar-refractivity contribution in [1.29, 1.82) is 0 Å². The smallest absolute Gasteiger partial charge is 0.129 e. The Bertz CT molecular complexity index is 401. The van der Waals surface area contributed by atoms with E-state index in [0.29, 0.717) is 17.9 Å². The van der Waals surface area contributed by atoms with Gasteiger partial charge in [-0.2, -0.15) is 0 Å². The third-order valence-electron chi connectivity index (χ3n) is 4.14. The van der Waals surface area contributed by atoms with Crippen LogP contribution >= 0.6 is 0 Å². The van der Waals surface area contributed by atoms with Gasteiger partial charge in [0.1, 0.15) is 11.6 Å². The maximum absolute atomic E-state index is 13.7. The fourth-order valence-electron chi connectivity index (χ4n) is 3.00. The van der Waals surface area contributed by atoms with E-state index in [-0.39, 0.29) is 6.04 Å². The standard InChI is InChI=1S/C15H22F2N2/c16-13-8-7-12(14(17)10-13)9-15(19-18)11-5-3-1-2-4-6-11/h7-8,10-11,15,19H,1-6,9,18H2. The Morgan fingerprint density at radius 1 is 1.16 bits per heavy atom. The summed E-state index contributed by atoms with van der Waals surface area (Å²) in [5, 5.41) is 0. The largest absolute Gasteiger partial charge is 0.271 e. The number of hydrazine groups is 1. The molecule has 0 spiro atoms. The minimum Gasteiger partial charge on any atom is -0.271 e. The molecule has 19 heavy (non-hydrogen) atoms. The molecule has 1 fully saturated rings. The summed E-state index contributed by atoms with van der Waals surface area (Å²) < 4.78 is 26.6. The fourth-order valence-corrected chi connectivity index (χ4v) is 3.00. The summed E-state index contributed by atoms with van der Waals surface area (Å²) in [6, 6.07) is 3.83. The molecule has 1 aromatic carbocycles. The number of benzene rings is 1. The van der Waals surface area contributed by atoms with Crippen molar-refractivity contribution in [2.75, 3.05) is 0 Å². The van der Waals surface area contributed by atoms with Crippen molar-refractivity contribution in [3.8, 4) is 0 Å². The number of halogens is 2. The van der Waals surface area contributed by atoms with Gasteiger partial charge in [-0.05, 0) is 36.8 Å². The van der Waals surface area contributed by atoms with E-state index in [1.54, 1.807) is 0 Å². The molecule has 0 radical (unpaired) electrons. The summed E-state index contributed by atoms with van der Waals surface area (Å²) in [7, 11) is 0. The van der Waals surface area contributed by atoms with E-state index in [2.05, 4.69) is 5.43 Å². The Kier molecular flexibility index (Phi) is 5.28. The second kappa shape index (κ2) is 6.96. The van der Waals surface area contributed by atoms with Crippen LogP contribution in [0.1, 0.15) is 44.1 Å². The first-order valence-corrected chi connectivity index (χ1v) is 7.10. The van der Waals surface area contributed by atoms with Crippen molar-refractivity contribution >= 4 is 0 Å². The van der Waals surface area contributed by atoms with Crippen LogP contribution in [-0.4, -0.2) is 6.04 Å². The molecule has 1 saturated carbocycles. The molecular weight excluding hydrogens is 246 g/mol. The molecule has 106 valence electrons. The molecule has 0 amide bonds. The van der Waals surface area contributed by atoms with Crippen LogP contribution in [0.2, 0.25) is 0 Å². The van der Waals surface area contributed by atoms with Gasteiger partial charge in [0.2, 0.25) is 0 Å². The van der Waals surface area contributed by atoms with Gasteiger partial charge in [0.05, 0.1) is 0 Å². The van der Waals surface area contributed by atoms with Crippen LogP contribution in [0.15, 0.2) is 18.2 Å². The lowest BCUT2D eigenvalue weighted by atomic mass is 9.88. The third kappa shape index (κ3) is 3.98. The molecule has 0 saturated heterocycles. The van der Waals surface area contributed by atoms with Gasteiger partial charge in [-0.15, -0.1) is 0 Å². The van der Waals surface area contributed by atoms with Crippen LogP contribution in [0, 0.1) is 17.6 Å². The summed E-state index contributed by atoms with van der Waals surface area (Å²) in [5.41, 5.74) is 3.37. The number of hydrogen-bond donors (Lipinski definition) is 2. The number of nitrogens with two attached hydrogens (primary N) is 1. The van der Waals surface area contributed by atoms with Gasteiger partial charge in [0.15, 0.2) is 0 Å². The van der Waals surface area contributed by atoms with Crippen molar-refractivity contribution in [2.24, 2.45) is 11.8 Å². The summed E-state index contributed by atoms with van der Waals surface area (Å²) in [6.45, 7) is 0. The van der Waals surface area contributed by atoms with Crippen LogP contribution in [0.4, 0.5) is 8.78 Å². The highest BCUT2D eigenvalue weighted by molar-refractivity contribution is 5.19. The molecule has 4 heteroatoms. The first-order chi connectivity index (χ1) is 9.20. The molecule has 1 aliphatic rings. The molecule has 0 aliphatic heterocycles. The second-order valence-corrected chi connectivity index (χ2v) is 5.46. The van der Waals surface area contributed by atoms with Gasteiger partial charge in [-0.1, -0.05) is 31.7 Å². The van der Waals surface area contributed by atoms with Crippen LogP contribution in [-0.2, 0) is 6.42 Å². The lowest BCUT2D eigenvalue weighted by Gasteiger charge is -2.25. The maximum Gasteiger partial charge on any atom is 0.129 e. The molecule has 2 rings (SSSR count). The molecule has 0 bridgehead atoms. The predicted molar refractivity (Wildman–Crippen MR) is 72.4 cm³/mol. The molecular formula is C15H22F2N2. The lowest BCUT2D eigenvalue weighted by Crippen LogP contribution is -2.42. The zero-order chi connectivity index (χ0) is 13.7. The maximum atomic E-state index is 13.7. The van der Waals surface area contributed by atoms with Crippen molar-refractivity contribution in [1.82, 2.24) is 5.43 Å². The zero-order valence-electron chi connectivity index (χ0n) is 11.2. The summed E-state index contributed by atoms with van der Waals surface area (Å²) in [4.78, 5) is 0. The SMILES string of the molecule is NNC(Cc1ccc(F)cc1F)C1CCCCCC1. The van der Waals surface area contributed by atoms with E-state index >= 15 is 0 Å². The highest BCUT2D eigenvalue weighted by Crippen LogP contribution is 2.27. The molecule has 0 aromatic heterocycles. The summed E-state index contributed by atoms with van der Waals surface area (Å²) in [6.07, 6.45) is 7.78. The van der Waals surface area contributed by atoms with E-state index in [0.717, 1.165) is 18.9 Å². The molecule has 2 nitrogen and oxygen atoms in total. The van der Waals surface area contributed by atoms with Gasteiger partial charge in [0, 0.05) is 12.1 Å². The predicted octanol–water partition coefficient (Wildman–Crippen LogP) is 3.31. The normalized spacial score (nSPS) is 19.1. The van der Waals surface area contributed by atoms with Gasteiger partial charge in [-0.3, -0.25) is 11.3 Å². The minimum atomic E-state index is -0.534. The first kappa shape index (κ1) is 14.4. The van der Waals surface area contributed by atoms with Gasteiger partial charge < -0.3 is 0 Å². The molecule has 0 heterocycles. The highest BCUT2D eigenvalue weighted by Gasteiger charge is 2.23. The Balaban J connectivity index is 2.04. The first-order valence-electron chi connectivity index (χ1n) is 7.10. The van der Waals surface area contributed by atoms with Crippen LogP contribution in [0.3, 0.4) is 0 Å². The quantitative estimate of drug-likeness (QED) is 0.499. The number of hydrogen-bond acceptors (Lipinski definition) is 2. The van der Waals surface area contributed by atoms with Crippen molar-refractivity contribution in [3.05, 3.63) is 35.4 Å². The number of nitrogens with one attached hydrogen (secondary N) is 1. The topological polar surface area (TPSA) is 38.0 Å². The van der Waals surface area contributed by atoms with Crippen LogP contribution in [0.5, 0.6) is 0 Å². The molecule has 1 atom stereocenters. The average Bonchev–Trinajstić information content (AvgIpc) is 2.67. The summed E-state index contributed by atoms with van der Waals surface area (Å²) >= 11 is 0. The molecule has 1 unspecified atom stereocenters. The fraction of sp³-hybridized carbons (Fsp3) is 0.600.